The fourth-order valence-corrected chi connectivity index (χ4v) is 2.32. The number of carbonyl (C=O) groups excluding carboxylic acids is 2. The van der Waals surface area contributed by atoms with Crippen molar-refractivity contribution in [3.63, 3.8) is 0 Å². The molecule has 7 heteroatoms. The van der Waals surface area contributed by atoms with Crippen molar-refractivity contribution in [3.8, 4) is 5.75 Å². The van der Waals surface area contributed by atoms with Crippen LogP contribution >= 0.6 is 0 Å². The molecule has 0 aliphatic carbocycles. The largest absolute Gasteiger partial charge is 0.497 e. The number of amides is 2. The zero-order valence-electron chi connectivity index (χ0n) is 13.4. The SMILES string of the molecule is COc1ccc(/N=c2\oc3ccc(C(N)=O)cc3cc2C(N)=O)cc1. The van der Waals surface area contributed by atoms with Gasteiger partial charge in [0.15, 0.2) is 0 Å². The van der Waals surface area contributed by atoms with E-state index in [1.165, 1.54) is 18.2 Å². The fourth-order valence-electron chi connectivity index (χ4n) is 2.32. The smallest absolute Gasteiger partial charge is 0.254 e. The van der Waals surface area contributed by atoms with E-state index in [4.69, 9.17) is 20.6 Å². The average Bonchev–Trinajstić information content (AvgIpc) is 2.61. The highest BCUT2D eigenvalue weighted by atomic mass is 16.5. The van der Waals surface area contributed by atoms with Crippen molar-refractivity contribution in [2.24, 2.45) is 16.5 Å². The molecule has 0 spiro atoms. The van der Waals surface area contributed by atoms with Crippen LogP contribution < -0.4 is 21.8 Å². The van der Waals surface area contributed by atoms with Gasteiger partial charge in [0, 0.05) is 10.9 Å². The van der Waals surface area contributed by atoms with Crippen LogP contribution in [0.25, 0.3) is 11.0 Å². The second-order valence-corrected chi connectivity index (χ2v) is 5.26. The van der Waals surface area contributed by atoms with E-state index in [2.05, 4.69) is 4.99 Å². The minimum Gasteiger partial charge on any atom is -0.497 e. The van der Waals surface area contributed by atoms with E-state index in [1.54, 1.807) is 37.4 Å². The molecule has 0 aliphatic rings. The van der Waals surface area contributed by atoms with E-state index in [1.807, 2.05) is 0 Å². The van der Waals surface area contributed by atoms with E-state index < -0.39 is 11.8 Å². The maximum atomic E-state index is 11.8. The highest BCUT2D eigenvalue weighted by molar-refractivity contribution is 5.99. The number of hydrogen-bond acceptors (Lipinski definition) is 5. The lowest BCUT2D eigenvalue weighted by Gasteiger charge is -2.04. The molecule has 2 aromatic carbocycles. The van der Waals surface area contributed by atoms with Gasteiger partial charge in [-0.15, -0.1) is 0 Å². The molecule has 0 aliphatic heterocycles. The molecular weight excluding hydrogens is 322 g/mol. The molecule has 7 nitrogen and oxygen atoms in total. The van der Waals surface area contributed by atoms with Gasteiger partial charge in [-0.25, -0.2) is 4.99 Å². The Morgan fingerprint density at radius 3 is 2.32 bits per heavy atom. The van der Waals surface area contributed by atoms with Gasteiger partial charge in [-0.05, 0) is 48.5 Å². The van der Waals surface area contributed by atoms with Gasteiger partial charge < -0.3 is 20.6 Å². The van der Waals surface area contributed by atoms with E-state index in [0.717, 1.165) is 0 Å². The molecule has 4 N–H and O–H groups in total. The first-order valence-corrected chi connectivity index (χ1v) is 7.34. The summed E-state index contributed by atoms with van der Waals surface area (Å²) in [7, 11) is 1.57. The number of nitrogens with zero attached hydrogens (tertiary/aromatic N) is 1. The number of fused-ring (bicyclic) bond motifs is 1. The maximum absolute atomic E-state index is 11.8. The van der Waals surface area contributed by atoms with Crippen molar-refractivity contribution in [3.05, 3.63) is 65.2 Å². The Balaban J connectivity index is 2.20. The van der Waals surface area contributed by atoms with Gasteiger partial charge in [0.05, 0.1) is 12.8 Å². The van der Waals surface area contributed by atoms with Crippen LogP contribution in [0.3, 0.4) is 0 Å². The molecule has 3 aromatic rings. The first kappa shape index (κ1) is 16.3. The summed E-state index contributed by atoms with van der Waals surface area (Å²) >= 11 is 0. The Morgan fingerprint density at radius 1 is 1.00 bits per heavy atom. The van der Waals surface area contributed by atoms with Gasteiger partial charge in [-0.2, -0.15) is 0 Å². The Morgan fingerprint density at radius 2 is 1.72 bits per heavy atom. The molecule has 25 heavy (non-hydrogen) atoms. The van der Waals surface area contributed by atoms with Crippen molar-refractivity contribution in [2.45, 2.75) is 0 Å². The number of rotatable bonds is 4. The van der Waals surface area contributed by atoms with Gasteiger partial charge in [-0.1, -0.05) is 0 Å². The van der Waals surface area contributed by atoms with Crippen LogP contribution in [0.4, 0.5) is 5.69 Å². The highest BCUT2D eigenvalue weighted by Crippen LogP contribution is 2.19. The summed E-state index contributed by atoms with van der Waals surface area (Å²) in [6, 6.07) is 13.1. The third kappa shape index (κ3) is 3.35. The van der Waals surface area contributed by atoms with E-state index in [-0.39, 0.29) is 11.1 Å². The Hall–Kier alpha value is -3.61. The minimum atomic E-state index is -0.692. The van der Waals surface area contributed by atoms with Crippen molar-refractivity contribution >= 4 is 28.5 Å². The number of nitrogens with two attached hydrogens (primary N) is 2. The summed E-state index contributed by atoms with van der Waals surface area (Å²) in [4.78, 5) is 27.4. The molecule has 0 bridgehead atoms. The van der Waals surface area contributed by atoms with Gasteiger partial charge in [-0.3, -0.25) is 9.59 Å². The monoisotopic (exact) mass is 337 g/mol. The van der Waals surface area contributed by atoms with Crippen LogP contribution in [0.5, 0.6) is 5.75 Å². The first-order valence-electron chi connectivity index (χ1n) is 7.34. The van der Waals surface area contributed by atoms with Crippen molar-refractivity contribution in [1.82, 2.24) is 0 Å². The summed E-state index contributed by atoms with van der Waals surface area (Å²) in [6.07, 6.45) is 0. The van der Waals surface area contributed by atoms with Gasteiger partial charge in [0.1, 0.15) is 16.9 Å². The van der Waals surface area contributed by atoms with Crippen LogP contribution in [0.1, 0.15) is 20.7 Å². The van der Waals surface area contributed by atoms with Crippen molar-refractivity contribution in [1.29, 1.82) is 0 Å². The first-order chi connectivity index (χ1) is 12.0. The lowest BCUT2D eigenvalue weighted by atomic mass is 10.1. The normalized spacial score (nSPS) is 11.5. The van der Waals surface area contributed by atoms with E-state index in [9.17, 15) is 9.59 Å². The number of benzene rings is 2. The molecule has 2 amide bonds. The quantitative estimate of drug-likeness (QED) is 0.754. The standard InChI is InChI=1S/C18H15N3O4/c1-24-13-5-3-12(4-6-13)21-18-14(17(20)23)9-11-8-10(16(19)22)2-7-15(11)25-18/h2-9H,1H3,(H2,19,22)(H2,20,23)/b21-18-. The molecule has 0 saturated heterocycles. The molecule has 0 unspecified atom stereocenters. The molecule has 0 atom stereocenters. The zero-order chi connectivity index (χ0) is 18.0. The Kier molecular flexibility index (Phi) is 4.21. The maximum Gasteiger partial charge on any atom is 0.254 e. The number of hydrogen-bond donors (Lipinski definition) is 2. The fraction of sp³-hybridized carbons (Fsp3) is 0.0556. The highest BCUT2D eigenvalue weighted by Gasteiger charge is 2.11. The molecule has 126 valence electrons. The summed E-state index contributed by atoms with van der Waals surface area (Å²) in [5, 5.41) is 0.527. The Bertz CT molecular complexity index is 1040. The Labute approximate surface area is 142 Å². The van der Waals surface area contributed by atoms with Crippen LogP contribution in [0, 0.1) is 0 Å². The van der Waals surface area contributed by atoms with Crippen molar-refractivity contribution < 1.29 is 18.7 Å². The van der Waals surface area contributed by atoms with Gasteiger partial charge >= 0.3 is 0 Å². The number of ether oxygens (including phenoxy) is 1. The molecular formula is C18H15N3O4. The molecule has 3 rings (SSSR count). The van der Waals surface area contributed by atoms with Crippen LogP contribution in [0.2, 0.25) is 0 Å². The molecule has 0 fully saturated rings. The minimum absolute atomic E-state index is 0.0805. The molecule has 0 saturated carbocycles. The summed E-state index contributed by atoms with van der Waals surface area (Å²) in [6.45, 7) is 0. The number of primary amides is 2. The van der Waals surface area contributed by atoms with Crippen LogP contribution in [-0.4, -0.2) is 18.9 Å². The summed E-state index contributed by atoms with van der Waals surface area (Å²) < 4.78 is 10.8. The van der Waals surface area contributed by atoms with E-state index in [0.29, 0.717) is 28.0 Å². The lowest BCUT2D eigenvalue weighted by molar-refractivity contribution is 0.0990. The predicted molar refractivity (Wildman–Crippen MR) is 91.5 cm³/mol. The van der Waals surface area contributed by atoms with Crippen LogP contribution in [0.15, 0.2) is 57.9 Å². The van der Waals surface area contributed by atoms with Crippen LogP contribution in [-0.2, 0) is 0 Å². The lowest BCUT2D eigenvalue weighted by Crippen LogP contribution is -2.21. The third-order valence-electron chi connectivity index (χ3n) is 3.60. The third-order valence-corrected chi connectivity index (χ3v) is 3.60. The molecule has 1 heterocycles. The topological polar surface area (TPSA) is 121 Å². The summed E-state index contributed by atoms with van der Waals surface area (Å²) in [5.41, 5.74) is 12.2. The molecule has 0 radical (unpaired) electrons. The average molecular weight is 337 g/mol. The van der Waals surface area contributed by atoms with Crippen molar-refractivity contribution in [2.75, 3.05) is 7.11 Å². The zero-order valence-corrected chi connectivity index (χ0v) is 13.4. The second-order valence-electron chi connectivity index (χ2n) is 5.26. The predicted octanol–water partition coefficient (Wildman–Crippen LogP) is 1.87. The van der Waals surface area contributed by atoms with E-state index >= 15 is 0 Å². The second kappa shape index (κ2) is 6.48. The van der Waals surface area contributed by atoms with Gasteiger partial charge in [0.25, 0.3) is 5.91 Å². The molecule has 1 aromatic heterocycles. The summed E-state index contributed by atoms with van der Waals surface area (Å²) in [5.74, 6) is -0.583. The van der Waals surface area contributed by atoms with Gasteiger partial charge in [0.2, 0.25) is 11.5 Å². The number of methoxy groups -OCH3 is 1. The number of carbonyl (C=O) groups is 2.